The van der Waals surface area contributed by atoms with Crippen molar-refractivity contribution in [1.29, 1.82) is 0 Å². The quantitative estimate of drug-likeness (QED) is 0.190. The number of para-hydroxylation sites is 3. The molecule has 230 valence electrons. The molecule has 10 aromatic rings. The van der Waals surface area contributed by atoms with E-state index in [-0.39, 0.29) is 0 Å². The van der Waals surface area contributed by atoms with Gasteiger partial charge in [0.05, 0.1) is 45.8 Å². The van der Waals surface area contributed by atoms with Gasteiger partial charge in [-0.25, -0.2) is 0 Å². The average Bonchev–Trinajstić information content (AvgIpc) is 3.86. The van der Waals surface area contributed by atoms with E-state index in [4.69, 9.17) is 10.2 Å². The summed E-state index contributed by atoms with van der Waals surface area (Å²) < 4.78 is 6.73. The van der Waals surface area contributed by atoms with Crippen LogP contribution in [0.5, 0.6) is 0 Å². The Morgan fingerprint density at radius 2 is 0.980 bits per heavy atom. The molecule has 7 heteroatoms. The lowest BCUT2D eigenvalue weighted by molar-refractivity contribution is 1.07. The molecular weight excluding hydrogens is 603 g/mol. The standard InChI is InChI=1S/C42H27N7/c1-2-11-29(12-3-1)49-41(28-21-22-38-35(25-28)32-15-4-6-18-36(32)47(38)30-13-9-23-43-26-30)45-46-42(49)34-17-8-20-39-40(34)33-16-5-7-19-37(33)48(39)31-14-10-24-44-27-31/h1-27H. The van der Waals surface area contributed by atoms with Crippen LogP contribution in [0.3, 0.4) is 0 Å². The summed E-state index contributed by atoms with van der Waals surface area (Å²) >= 11 is 0. The molecule has 7 nitrogen and oxygen atoms in total. The highest BCUT2D eigenvalue weighted by Gasteiger charge is 2.23. The molecule has 49 heavy (non-hydrogen) atoms. The lowest BCUT2D eigenvalue weighted by Gasteiger charge is -2.12. The van der Waals surface area contributed by atoms with Crippen LogP contribution >= 0.6 is 0 Å². The molecule has 0 aliphatic heterocycles. The Labute approximate surface area is 281 Å². The number of aromatic nitrogens is 7. The second-order valence-electron chi connectivity index (χ2n) is 12.1. The summed E-state index contributed by atoms with van der Waals surface area (Å²) in [7, 11) is 0. The molecule has 0 fully saturated rings. The summed E-state index contributed by atoms with van der Waals surface area (Å²) in [6.07, 6.45) is 7.43. The highest BCUT2D eigenvalue weighted by atomic mass is 15.3. The zero-order chi connectivity index (χ0) is 32.3. The highest BCUT2D eigenvalue weighted by molar-refractivity contribution is 6.15. The van der Waals surface area contributed by atoms with E-state index in [1.807, 2.05) is 30.6 Å². The summed E-state index contributed by atoms with van der Waals surface area (Å²) in [5, 5.41) is 14.4. The third kappa shape index (κ3) is 4.16. The molecule has 10 rings (SSSR count). The first-order valence-electron chi connectivity index (χ1n) is 16.2. The SMILES string of the molecule is c1ccc(-n2c(-c3ccc4c(c3)c3ccccc3n4-c3cccnc3)nnc2-c2cccc3c2c2ccccc2n3-c2cccnc2)cc1. The van der Waals surface area contributed by atoms with Crippen LogP contribution in [0.4, 0.5) is 0 Å². The van der Waals surface area contributed by atoms with E-state index in [1.165, 1.54) is 5.39 Å². The van der Waals surface area contributed by atoms with Gasteiger partial charge < -0.3 is 9.13 Å². The maximum atomic E-state index is 4.95. The molecule has 0 bridgehead atoms. The van der Waals surface area contributed by atoms with Crippen molar-refractivity contribution < 1.29 is 0 Å². The summed E-state index contributed by atoms with van der Waals surface area (Å²) in [5.41, 5.74) is 9.44. The predicted molar refractivity (Wildman–Crippen MR) is 196 cm³/mol. The van der Waals surface area contributed by atoms with E-state index in [9.17, 15) is 0 Å². The molecule has 5 aromatic heterocycles. The molecule has 0 saturated carbocycles. The number of pyridine rings is 2. The fraction of sp³-hybridized carbons (Fsp3) is 0. The second-order valence-corrected chi connectivity index (χ2v) is 12.1. The number of nitrogens with zero attached hydrogens (tertiary/aromatic N) is 7. The van der Waals surface area contributed by atoms with Crippen LogP contribution in [0.15, 0.2) is 164 Å². The molecule has 0 unspecified atom stereocenters. The van der Waals surface area contributed by atoms with Crippen LogP contribution < -0.4 is 0 Å². The molecule has 0 radical (unpaired) electrons. The summed E-state index contributed by atoms with van der Waals surface area (Å²) in [4.78, 5) is 8.84. The van der Waals surface area contributed by atoms with E-state index >= 15 is 0 Å². The Balaban J connectivity index is 1.24. The first-order chi connectivity index (χ1) is 24.3. The van der Waals surface area contributed by atoms with E-state index in [2.05, 4.69) is 145 Å². The third-order valence-electron chi connectivity index (χ3n) is 9.36. The van der Waals surface area contributed by atoms with Crippen molar-refractivity contribution in [3.05, 3.63) is 164 Å². The second kappa shape index (κ2) is 10.9. The summed E-state index contributed by atoms with van der Waals surface area (Å²) in [6, 6.07) is 48.6. The van der Waals surface area contributed by atoms with E-state index in [0.29, 0.717) is 0 Å². The fourth-order valence-electron chi connectivity index (χ4n) is 7.31. The molecule has 0 atom stereocenters. The Morgan fingerprint density at radius 3 is 1.71 bits per heavy atom. The van der Waals surface area contributed by atoms with Crippen LogP contribution in [0, 0.1) is 0 Å². The van der Waals surface area contributed by atoms with Crippen LogP contribution in [0.25, 0.3) is 83.4 Å². The molecule has 0 spiro atoms. The van der Waals surface area contributed by atoms with Gasteiger partial charge in [-0.05, 0) is 72.8 Å². The maximum absolute atomic E-state index is 4.95. The van der Waals surface area contributed by atoms with E-state index < -0.39 is 0 Å². The average molecular weight is 630 g/mol. The van der Waals surface area contributed by atoms with Gasteiger partial charge in [-0.1, -0.05) is 66.7 Å². The lowest BCUT2D eigenvalue weighted by Crippen LogP contribution is -2.01. The predicted octanol–water partition coefficient (Wildman–Crippen LogP) is 9.59. The molecule has 5 aromatic carbocycles. The van der Waals surface area contributed by atoms with Gasteiger partial charge in [-0.2, -0.15) is 0 Å². The van der Waals surface area contributed by atoms with E-state index in [0.717, 1.165) is 78.1 Å². The molecule has 0 saturated heterocycles. The van der Waals surface area contributed by atoms with Gasteiger partial charge in [0.1, 0.15) is 0 Å². The van der Waals surface area contributed by atoms with Crippen molar-refractivity contribution >= 4 is 43.6 Å². The van der Waals surface area contributed by atoms with Crippen LogP contribution in [-0.2, 0) is 0 Å². The zero-order valence-corrected chi connectivity index (χ0v) is 26.2. The number of hydrogen-bond donors (Lipinski definition) is 0. The molecule has 0 N–H and O–H groups in total. The van der Waals surface area contributed by atoms with Crippen molar-refractivity contribution in [3.63, 3.8) is 0 Å². The minimum absolute atomic E-state index is 0.773. The number of benzene rings is 5. The largest absolute Gasteiger partial charge is 0.308 e. The van der Waals surface area contributed by atoms with Crippen molar-refractivity contribution in [3.8, 4) is 39.8 Å². The van der Waals surface area contributed by atoms with Gasteiger partial charge in [-0.15, -0.1) is 10.2 Å². The molecular formula is C42H27N7. The fourth-order valence-corrected chi connectivity index (χ4v) is 7.31. The summed E-state index contributed by atoms with van der Waals surface area (Å²) in [6.45, 7) is 0. The third-order valence-corrected chi connectivity index (χ3v) is 9.36. The van der Waals surface area contributed by atoms with Gasteiger partial charge in [0.15, 0.2) is 11.6 Å². The molecule has 0 amide bonds. The van der Waals surface area contributed by atoms with Crippen molar-refractivity contribution in [2.24, 2.45) is 0 Å². The topological polar surface area (TPSA) is 66.3 Å². The maximum Gasteiger partial charge on any atom is 0.169 e. The van der Waals surface area contributed by atoms with Crippen LogP contribution in [-0.4, -0.2) is 33.9 Å². The highest BCUT2D eigenvalue weighted by Crippen LogP contribution is 2.40. The molecule has 0 aliphatic carbocycles. The summed E-state index contributed by atoms with van der Waals surface area (Å²) in [5.74, 6) is 1.55. The monoisotopic (exact) mass is 629 g/mol. The number of fused-ring (bicyclic) bond motifs is 6. The number of hydrogen-bond acceptors (Lipinski definition) is 4. The lowest BCUT2D eigenvalue weighted by atomic mass is 10.0. The van der Waals surface area contributed by atoms with Crippen LogP contribution in [0.2, 0.25) is 0 Å². The van der Waals surface area contributed by atoms with Gasteiger partial charge in [0, 0.05) is 50.8 Å². The van der Waals surface area contributed by atoms with Crippen molar-refractivity contribution in [2.75, 3.05) is 0 Å². The minimum Gasteiger partial charge on any atom is -0.308 e. The van der Waals surface area contributed by atoms with Crippen molar-refractivity contribution in [2.45, 2.75) is 0 Å². The van der Waals surface area contributed by atoms with Gasteiger partial charge in [-0.3, -0.25) is 14.5 Å². The Kier molecular flexibility index (Phi) is 6.04. The molecule has 0 aliphatic rings. The van der Waals surface area contributed by atoms with Crippen LogP contribution in [0.1, 0.15) is 0 Å². The first-order valence-corrected chi connectivity index (χ1v) is 16.2. The zero-order valence-electron chi connectivity index (χ0n) is 26.2. The smallest absolute Gasteiger partial charge is 0.169 e. The Hall–Kier alpha value is -6.86. The first kappa shape index (κ1) is 27.3. The minimum atomic E-state index is 0.773. The van der Waals surface area contributed by atoms with Crippen molar-refractivity contribution in [1.82, 2.24) is 33.9 Å². The normalized spacial score (nSPS) is 11.7. The van der Waals surface area contributed by atoms with Gasteiger partial charge in [0.2, 0.25) is 0 Å². The van der Waals surface area contributed by atoms with E-state index in [1.54, 1.807) is 12.4 Å². The molecule has 5 heterocycles. The van der Waals surface area contributed by atoms with Gasteiger partial charge in [0.25, 0.3) is 0 Å². The Bertz CT molecular complexity index is 2810. The number of rotatable bonds is 5. The van der Waals surface area contributed by atoms with Gasteiger partial charge >= 0.3 is 0 Å². The Morgan fingerprint density at radius 1 is 0.388 bits per heavy atom.